The fourth-order valence-corrected chi connectivity index (χ4v) is 5.72. The monoisotopic (exact) mass is 406 g/mol. The van der Waals surface area contributed by atoms with Crippen LogP contribution in [0.2, 0.25) is 0 Å². The zero-order valence-electron chi connectivity index (χ0n) is 17.6. The van der Waals surface area contributed by atoms with E-state index in [-0.39, 0.29) is 12.1 Å². The van der Waals surface area contributed by atoms with Crippen LogP contribution in [0.5, 0.6) is 0 Å². The molecule has 5 rings (SSSR count). The van der Waals surface area contributed by atoms with E-state index in [4.69, 9.17) is 4.74 Å². The molecule has 0 radical (unpaired) electrons. The van der Waals surface area contributed by atoms with E-state index in [1.54, 1.807) is 7.11 Å². The second kappa shape index (κ2) is 8.44. The number of ether oxygens (including phenoxy) is 1. The standard InChI is InChI=1S/C24H30N4O2/c1-30-18-3-2-12-28(14-18)22(15-29)17-6-4-16(5-7-17)19-8-10-25-21-13-27-24-20(23(19)21)9-11-26-24/h8-11,13,15-18,22,25H,2-7,12,14H2,1H3. The van der Waals surface area contributed by atoms with Crippen LogP contribution in [0.15, 0.2) is 30.7 Å². The third kappa shape index (κ3) is 3.52. The lowest BCUT2D eigenvalue weighted by molar-refractivity contribution is -0.116. The Balaban J connectivity index is 1.35. The molecule has 4 heterocycles. The summed E-state index contributed by atoms with van der Waals surface area (Å²) in [4.78, 5) is 26.6. The van der Waals surface area contributed by atoms with Gasteiger partial charge in [0.05, 0.1) is 23.9 Å². The molecule has 30 heavy (non-hydrogen) atoms. The number of methoxy groups -OCH3 is 1. The first-order valence-electron chi connectivity index (χ1n) is 11.2. The second-order valence-electron chi connectivity index (χ2n) is 8.90. The molecular formula is C24H30N4O2. The van der Waals surface area contributed by atoms with Gasteiger partial charge in [-0.05, 0) is 74.6 Å². The number of aldehydes is 1. The highest BCUT2D eigenvalue weighted by molar-refractivity contribution is 6.05. The SMILES string of the molecule is COC1CCCN(C(C=O)C2CCC(c3cc[nH]c4cnc5nccc5c34)CC2)C1. The summed E-state index contributed by atoms with van der Waals surface area (Å²) in [7, 11) is 1.78. The zero-order chi connectivity index (χ0) is 20.5. The molecular weight excluding hydrogens is 376 g/mol. The van der Waals surface area contributed by atoms with Gasteiger partial charge < -0.3 is 14.5 Å². The van der Waals surface area contributed by atoms with Gasteiger partial charge in [0.1, 0.15) is 6.29 Å². The summed E-state index contributed by atoms with van der Waals surface area (Å²) in [6.45, 7) is 1.89. The topological polar surface area (TPSA) is 71.1 Å². The number of piperidine rings is 1. The molecule has 1 aliphatic heterocycles. The first-order chi connectivity index (χ1) is 14.8. The number of aromatic amines is 1. The molecule has 1 saturated carbocycles. The average Bonchev–Trinajstić information content (AvgIpc) is 3.29. The van der Waals surface area contributed by atoms with Gasteiger partial charge in [-0.15, -0.1) is 0 Å². The first-order valence-corrected chi connectivity index (χ1v) is 11.2. The molecule has 6 nitrogen and oxygen atoms in total. The quantitative estimate of drug-likeness (QED) is 0.647. The molecule has 2 fully saturated rings. The van der Waals surface area contributed by atoms with Crippen LogP contribution < -0.4 is 0 Å². The summed E-state index contributed by atoms with van der Waals surface area (Å²) in [6, 6.07) is 4.32. The van der Waals surface area contributed by atoms with Gasteiger partial charge in [-0.2, -0.15) is 0 Å². The smallest absolute Gasteiger partial charge is 0.159 e. The van der Waals surface area contributed by atoms with Gasteiger partial charge in [0, 0.05) is 36.8 Å². The predicted molar refractivity (Wildman–Crippen MR) is 118 cm³/mol. The van der Waals surface area contributed by atoms with E-state index < -0.39 is 0 Å². The number of nitrogens with one attached hydrogen (secondary N) is 1. The van der Waals surface area contributed by atoms with Crippen molar-refractivity contribution >= 4 is 28.2 Å². The van der Waals surface area contributed by atoms with Crippen molar-refractivity contribution in [2.24, 2.45) is 5.92 Å². The van der Waals surface area contributed by atoms with E-state index in [1.165, 1.54) is 17.2 Å². The van der Waals surface area contributed by atoms with Crippen LogP contribution in [0.1, 0.15) is 50.0 Å². The van der Waals surface area contributed by atoms with Crippen LogP contribution >= 0.6 is 0 Å². The maximum atomic E-state index is 12.0. The molecule has 2 aliphatic rings. The van der Waals surface area contributed by atoms with Crippen molar-refractivity contribution in [1.82, 2.24) is 19.9 Å². The van der Waals surface area contributed by atoms with Crippen molar-refractivity contribution < 1.29 is 9.53 Å². The fourth-order valence-electron chi connectivity index (χ4n) is 5.72. The van der Waals surface area contributed by atoms with E-state index in [0.717, 1.165) is 68.2 Å². The Morgan fingerprint density at radius 3 is 2.87 bits per heavy atom. The summed E-state index contributed by atoms with van der Waals surface area (Å²) >= 11 is 0. The molecule has 1 saturated heterocycles. The molecule has 0 amide bonds. The minimum atomic E-state index is 0.0277. The third-order valence-electron chi connectivity index (χ3n) is 7.32. The van der Waals surface area contributed by atoms with Gasteiger partial charge in [0.2, 0.25) is 0 Å². The Hall–Kier alpha value is -2.31. The van der Waals surface area contributed by atoms with Crippen LogP contribution in [0.3, 0.4) is 0 Å². The number of rotatable bonds is 5. The minimum Gasteiger partial charge on any atom is -0.380 e. The van der Waals surface area contributed by atoms with E-state index in [0.29, 0.717) is 11.8 Å². The predicted octanol–water partition coefficient (Wildman–Crippen LogP) is 4.06. The lowest BCUT2D eigenvalue weighted by Gasteiger charge is -2.41. The highest BCUT2D eigenvalue weighted by atomic mass is 16.5. The first kappa shape index (κ1) is 19.6. The molecule has 0 bridgehead atoms. The van der Waals surface area contributed by atoms with Crippen molar-refractivity contribution in [3.63, 3.8) is 0 Å². The summed E-state index contributed by atoms with van der Waals surface area (Å²) in [5.41, 5.74) is 3.28. The normalized spacial score (nSPS) is 26.8. The van der Waals surface area contributed by atoms with Crippen molar-refractivity contribution in [1.29, 1.82) is 0 Å². The fraction of sp³-hybridized carbons (Fsp3) is 0.542. The molecule has 2 atom stereocenters. The van der Waals surface area contributed by atoms with E-state index >= 15 is 0 Å². The second-order valence-corrected chi connectivity index (χ2v) is 8.90. The van der Waals surface area contributed by atoms with Crippen LogP contribution in [0, 0.1) is 5.92 Å². The Bertz CT molecular complexity index is 1020. The number of hydrogen-bond acceptors (Lipinski definition) is 5. The lowest BCUT2D eigenvalue weighted by Crippen LogP contribution is -2.49. The number of fused-ring (bicyclic) bond motifs is 3. The summed E-state index contributed by atoms with van der Waals surface area (Å²) in [5.74, 6) is 0.956. The highest BCUT2D eigenvalue weighted by Crippen LogP contribution is 2.41. The van der Waals surface area contributed by atoms with E-state index in [2.05, 4.69) is 32.0 Å². The van der Waals surface area contributed by atoms with Gasteiger partial charge in [-0.1, -0.05) is 0 Å². The number of H-pyrrole nitrogens is 1. The molecule has 3 aromatic rings. The number of aromatic nitrogens is 3. The van der Waals surface area contributed by atoms with Gasteiger partial charge in [-0.25, -0.2) is 9.97 Å². The van der Waals surface area contributed by atoms with Crippen LogP contribution in [0.4, 0.5) is 0 Å². The molecule has 1 N–H and O–H groups in total. The number of carbonyl (C=O) groups is 1. The number of likely N-dealkylation sites (tertiary alicyclic amines) is 1. The number of nitrogens with zero attached hydrogens (tertiary/aromatic N) is 3. The Morgan fingerprint density at radius 1 is 1.20 bits per heavy atom. The number of carbonyl (C=O) groups excluding carboxylic acids is 1. The maximum absolute atomic E-state index is 12.0. The number of pyridine rings is 2. The van der Waals surface area contributed by atoms with Gasteiger partial charge >= 0.3 is 0 Å². The summed E-state index contributed by atoms with van der Waals surface area (Å²) < 4.78 is 5.58. The van der Waals surface area contributed by atoms with Crippen molar-refractivity contribution in [2.45, 2.75) is 56.6 Å². The van der Waals surface area contributed by atoms with Crippen molar-refractivity contribution in [2.75, 3.05) is 20.2 Å². The largest absolute Gasteiger partial charge is 0.380 e. The Morgan fingerprint density at radius 2 is 2.07 bits per heavy atom. The summed E-state index contributed by atoms with van der Waals surface area (Å²) in [6.07, 6.45) is 13.9. The molecule has 3 aromatic heterocycles. The lowest BCUT2D eigenvalue weighted by atomic mass is 9.75. The average molecular weight is 407 g/mol. The van der Waals surface area contributed by atoms with Gasteiger partial charge in [-0.3, -0.25) is 4.90 Å². The Kier molecular flexibility index (Phi) is 5.52. The van der Waals surface area contributed by atoms with Crippen molar-refractivity contribution in [3.8, 4) is 0 Å². The van der Waals surface area contributed by atoms with Crippen LogP contribution in [-0.4, -0.2) is 58.5 Å². The van der Waals surface area contributed by atoms with E-state index in [1.807, 2.05) is 18.6 Å². The number of hydrogen-bond donors (Lipinski definition) is 1. The molecule has 1 aliphatic carbocycles. The molecule has 2 unspecified atom stereocenters. The van der Waals surface area contributed by atoms with Crippen LogP contribution in [0.25, 0.3) is 21.9 Å². The third-order valence-corrected chi connectivity index (χ3v) is 7.32. The molecule has 6 heteroatoms. The van der Waals surface area contributed by atoms with E-state index in [9.17, 15) is 4.79 Å². The maximum Gasteiger partial charge on any atom is 0.159 e. The van der Waals surface area contributed by atoms with Crippen molar-refractivity contribution in [3.05, 3.63) is 36.3 Å². The molecule has 0 spiro atoms. The van der Waals surface area contributed by atoms with Gasteiger partial charge in [0.25, 0.3) is 0 Å². The minimum absolute atomic E-state index is 0.0277. The highest BCUT2D eigenvalue weighted by Gasteiger charge is 2.34. The zero-order valence-corrected chi connectivity index (χ0v) is 17.6. The molecule has 0 aromatic carbocycles. The Labute approximate surface area is 177 Å². The molecule has 158 valence electrons. The van der Waals surface area contributed by atoms with Gasteiger partial charge in [0.15, 0.2) is 5.65 Å². The van der Waals surface area contributed by atoms with Crippen LogP contribution in [-0.2, 0) is 9.53 Å². The summed E-state index contributed by atoms with van der Waals surface area (Å²) in [5, 5.41) is 2.39.